The van der Waals surface area contributed by atoms with Crippen molar-refractivity contribution in [1.82, 2.24) is 0 Å². The van der Waals surface area contributed by atoms with E-state index in [9.17, 15) is 14.0 Å². The third kappa shape index (κ3) is 4.67. The van der Waals surface area contributed by atoms with E-state index in [0.29, 0.717) is 20.9 Å². The van der Waals surface area contributed by atoms with E-state index in [1.54, 1.807) is 36.4 Å². The summed E-state index contributed by atoms with van der Waals surface area (Å²) in [6.45, 7) is 0.120. The third-order valence-electron chi connectivity index (χ3n) is 5.80. The zero-order valence-corrected chi connectivity index (χ0v) is 21.8. The van der Waals surface area contributed by atoms with Crippen molar-refractivity contribution in [2.45, 2.75) is 10.3 Å². The van der Waals surface area contributed by atoms with Crippen LogP contribution in [0.25, 0.3) is 0 Å². The normalized spacial score (nSPS) is 20.5. The average molecular weight is 605 g/mol. The minimum absolute atomic E-state index is 0.120. The largest absolute Gasteiger partial charge is 0.384 e. The van der Waals surface area contributed by atoms with Gasteiger partial charge in [-0.2, -0.15) is 0 Å². The van der Waals surface area contributed by atoms with Crippen molar-refractivity contribution in [2.24, 2.45) is 5.41 Å². The summed E-state index contributed by atoms with van der Waals surface area (Å²) in [6.07, 6.45) is 0.755. The fourth-order valence-corrected chi connectivity index (χ4v) is 5.56. The van der Waals surface area contributed by atoms with Gasteiger partial charge in [-0.05, 0) is 76.1 Å². The van der Waals surface area contributed by atoms with Crippen LogP contribution in [0.2, 0.25) is 10.0 Å². The summed E-state index contributed by atoms with van der Waals surface area (Å²) in [6, 6.07) is 15.4. The van der Waals surface area contributed by atoms with Gasteiger partial charge in [-0.15, -0.1) is 0 Å². The lowest BCUT2D eigenvalue weighted by atomic mass is 10.00. The molecule has 4 nitrogen and oxygen atoms in total. The minimum Gasteiger partial charge on any atom is -0.384 e. The first-order valence-corrected chi connectivity index (χ1v) is 12.3. The van der Waals surface area contributed by atoms with Gasteiger partial charge < -0.3 is 15.4 Å². The molecule has 0 heterocycles. The van der Waals surface area contributed by atoms with Crippen molar-refractivity contribution < 1.29 is 14.0 Å². The van der Waals surface area contributed by atoms with E-state index in [0.717, 1.165) is 11.8 Å². The third-order valence-corrected chi connectivity index (χ3v) is 8.48. The van der Waals surface area contributed by atoms with E-state index in [-0.39, 0.29) is 17.1 Å². The van der Waals surface area contributed by atoms with Crippen LogP contribution in [0, 0.1) is 11.2 Å². The van der Waals surface area contributed by atoms with Crippen LogP contribution in [0.4, 0.5) is 15.8 Å². The van der Waals surface area contributed by atoms with E-state index in [1.165, 1.54) is 24.3 Å². The van der Waals surface area contributed by atoms with Gasteiger partial charge in [-0.3, -0.25) is 4.79 Å². The van der Waals surface area contributed by atoms with Gasteiger partial charge in [0.1, 0.15) is 16.4 Å². The maximum Gasteiger partial charge on any atom is 0.257 e. The monoisotopic (exact) mass is 602 g/mol. The Morgan fingerprint density at radius 2 is 1.65 bits per heavy atom. The maximum atomic E-state index is 13.1. The molecule has 1 amide bonds. The van der Waals surface area contributed by atoms with E-state index < -0.39 is 27.4 Å². The molecule has 1 aliphatic carbocycles. The van der Waals surface area contributed by atoms with Crippen molar-refractivity contribution in [3.05, 3.63) is 92.1 Å². The van der Waals surface area contributed by atoms with Crippen LogP contribution >= 0.6 is 62.3 Å². The quantitative estimate of drug-likeness (QED) is 0.214. The fourth-order valence-electron chi connectivity index (χ4n) is 3.87. The zero-order valence-electron chi connectivity index (χ0n) is 17.2. The standard InChI is InChI=1S/C24H16BrCl4FN2O2/c25-18-9-13(1-7-20(18)27)21-23(12-33,24(21,28)29)11-31-16-6-8-19(26)17(10-16)22(34)32-15-4-2-14(30)3-5-15/h1-10,12,21,31H,11H2,(H,32,34). The first kappa shape index (κ1) is 25.3. The molecule has 1 saturated carbocycles. The summed E-state index contributed by atoms with van der Waals surface area (Å²) in [7, 11) is 0. The molecule has 3 aromatic carbocycles. The number of halogens is 6. The number of carbonyl (C=O) groups excluding carboxylic acids is 2. The summed E-state index contributed by atoms with van der Waals surface area (Å²) in [5.74, 6) is -1.34. The molecule has 4 rings (SSSR count). The van der Waals surface area contributed by atoms with Crippen molar-refractivity contribution >= 4 is 85.9 Å². The second kappa shape index (κ2) is 9.67. The van der Waals surface area contributed by atoms with Crippen molar-refractivity contribution in [2.75, 3.05) is 17.2 Å². The second-order valence-electron chi connectivity index (χ2n) is 7.90. The van der Waals surface area contributed by atoms with Gasteiger partial charge in [-0.25, -0.2) is 4.39 Å². The first-order valence-electron chi connectivity index (χ1n) is 9.98. The average Bonchev–Trinajstić information content (AvgIpc) is 3.31. The molecule has 0 saturated heterocycles. The highest BCUT2D eigenvalue weighted by molar-refractivity contribution is 9.10. The van der Waals surface area contributed by atoms with E-state index in [4.69, 9.17) is 46.4 Å². The number of nitrogens with one attached hydrogen (secondary N) is 2. The van der Waals surface area contributed by atoms with Crippen LogP contribution in [0.1, 0.15) is 21.8 Å². The Kier molecular flexibility index (Phi) is 7.19. The van der Waals surface area contributed by atoms with Gasteiger partial charge in [0.05, 0.1) is 21.0 Å². The van der Waals surface area contributed by atoms with Crippen molar-refractivity contribution in [3.8, 4) is 0 Å². The Morgan fingerprint density at radius 1 is 1.00 bits per heavy atom. The Hall–Kier alpha value is -1.83. The molecule has 0 spiro atoms. The topological polar surface area (TPSA) is 58.2 Å². The summed E-state index contributed by atoms with van der Waals surface area (Å²) in [5.41, 5.74) is 0.838. The highest BCUT2D eigenvalue weighted by atomic mass is 79.9. The molecule has 2 N–H and O–H groups in total. The number of alkyl halides is 2. The van der Waals surface area contributed by atoms with Gasteiger partial charge in [-0.1, -0.05) is 52.5 Å². The molecule has 1 fully saturated rings. The molecule has 0 radical (unpaired) electrons. The number of benzene rings is 3. The van der Waals surface area contributed by atoms with Crippen LogP contribution in [0.5, 0.6) is 0 Å². The number of amides is 1. The van der Waals surface area contributed by atoms with Gasteiger partial charge >= 0.3 is 0 Å². The predicted octanol–water partition coefficient (Wildman–Crippen LogP) is 7.72. The molecular formula is C24H16BrCl4FN2O2. The van der Waals surface area contributed by atoms with E-state index >= 15 is 0 Å². The molecule has 3 aromatic rings. The number of hydrogen-bond donors (Lipinski definition) is 2. The molecule has 176 valence electrons. The molecule has 0 aliphatic heterocycles. The van der Waals surface area contributed by atoms with Crippen molar-refractivity contribution in [1.29, 1.82) is 0 Å². The van der Waals surface area contributed by atoms with Crippen LogP contribution in [0.3, 0.4) is 0 Å². The number of aldehydes is 1. The summed E-state index contributed by atoms with van der Waals surface area (Å²) < 4.78 is 12.5. The van der Waals surface area contributed by atoms with Gasteiger partial charge in [0.2, 0.25) is 0 Å². The van der Waals surface area contributed by atoms with Crippen molar-refractivity contribution in [3.63, 3.8) is 0 Å². The van der Waals surface area contributed by atoms with Gasteiger partial charge in [0.25, 0.3) is 5.91 Å². The van der Waals surface area contributed by atoms with Crippen LogP contribution in [-0.4, -0.2) is 23.1 Å². The minimum atomic E-state index is -1.33. The summed E-state index contributed by atoms with van der Waals surface area (Å²) >= 11 is 28.8. The lowest BCUT2D eigenvalue weighted by Crippen LogP contribution is -2.23. The SMILES string of the molecule is O=CC1(CNc2ccc(Cl)c(C(=O)Nc3ccc(F)cc3)c2)C(c2ccc(Cl)c(Br)c2)C1(Cl)Cl. The molecule has 0 bridgehead atoms. The molecule has 0 aromatic heterocycles. The second-order valence-corrected chi connectivity index (χ2v) is 11.0. The predicted molar refractivity (Wildman–Crippen MR) is 139 cm³/mol. The highest BCUT2D eigenvalue weighted by Gasteiger charge is 2.76. The lowest BCUT2D eigenvalue weighted by Gasteiger charge is -2.15. The van der Waals surface area contributed by atoms with Gasteiger partial charge in [0, 0.05) is 28.3 Å². The summed E-state index contributed by atoms with van der Waals surface area (Å²) in [5, 5.41) is 6.58. The van der Waals surface area contributed by atoms with E-state index in [2.05, 4.69) is 26.6 Å². The van der Waals surface area contributed by atoms with Gasteiger partial charge in [0.15, 0.2) is 0 Å². The number of hydrogen-bond acceptors (Lipinski definition) is 3. The number of anilines is 2. The molecule has 2 atom stereocenters. The fraction of sp³-hybridized carbons (Fsp3) is 0.167. The smallest absolute Gasteiger partial charge is 0.257 e. The van der Waals surface area contributed by atoms with E-state index in [1.807, 2.05) is 0 Å². The Labute approximate surface area is 223 Å². The number of carbonyl (C=O) groups is 2. The maximum absolute atomic E-state index is 13.1. The molecule has 1 aliphatic rings. The molecule has 34 heavy (non-hydrogen) atoms. The highest BCUT2D eigenvalue weighted by Crippen LogP contribution is 2.73. The summed E-state index contributed by atoms with van der Waals surface area (Å²) in [4.78, 5) is 24.9. The lowest BCUT2D eigenvalue weighted by molar-refractivity contribution is -0.112. The van der Waals surface area contributed by atoms with Crippen LogP contribution < -0.4 is 10.6 Å². The molecule has 2 unspecified atom stereocenters. The molecular weight excluding hydrogens is 589 g/mol. The Balaban J connectivity index is 1.52. The number of rotatable bonds is 7. The van der Waals surface area contributed by atoms with Crippen LogP contribution in [-0.2, 0) is 4.79 Å². The Morgan fingerprint density at radius 3 is 2.29 bits per heavy atom. The molecule has 10 heteroatoms. The zero-order chi connectivity index (χ0) is 24.7. The van der Waals surface area contributed by atoms with Crippen LogP contribution in [0.15, 0.2) is 65.1 Å². The Bertz CT molecular complexity index is 1270. The first-order chi connectivity index (χ1) is 16.1.